The van der Waals surface area contributed by atoms with E-state index < -0.39 is 0 Å². The number of hydrogen-bond acceptors (Lipinski definition) is 4. The van der Waals surface area contributed by atoms with E-state index >= 15 is 0 Å². The summed E-state index contributed by atoms with van der Waals surface area (Å²) in [5.74, 6) is 0.920. The van der Waals surface area contributed by atoms with Crippen molar-refractivity contribution in [3.63, 3.8) is 0 Å². The number of rotatable bonds is 9. The molecule has 1 fully saturated rings. The summed E-state index contributed by atoms with van der Waals surface area (Å²) in [7, 11) is 3.14. The highest BCUT2D eigenvalue weighted by Gasteiger charge is 2.43. The van der Waals surface area contributed by atoms with E-state index in [-0.39, 0.29) is 23.2 Å². The van der Waals surface area contributed by atoms with Gasteiger partial charge in [-0.05, 0) is 49.6 Å². The van der Waals surface area contributed by atoms with E-state index in [1.807, 2.05) is 19.1 Å². The molecule has 3 rings (SSSR count). The van der Waals surface area contributed by atoms with Crippen molar-refractivity contribution in [2.24, 2.45) is 0 Å². The van der Waals surface area contributed by atoms with Gasteiger partial charge in [0.05, 0.1) is 19.9 Å². The predicted octanol–water partition coefficient (Wildman–Crippen LogP) is 3.88. The number of amides is 1. The molecule has 0 bridgehead atoms. The van der Waals surface area contributed by atoms with Gasteiger partial charge < -0.3 is 20.1 Å². The van der Waals surface area contributed by atoms with E-state index in [4.69, 9.17) is 9.47 Å². The zero-order valence-electron chi connectivity index (χ0n) is 16.5. The Balaban J connectivity index is 1.52. The first-order valence-corrected chi connectivity index (χ1v) is 9.47. The molecule has 5 nitrogen and oxygen atoms in total. The topological polar surface area (TPSA) is 59.6 Å². The van der Waals surface area contributed by atoms with Gasteiger partial charge in [0.15, 0.2) is 0 Å². The van der Waals surface area contributed by atoms with Gasteiger partial charge >= 0.3 is 0 Å². The van der Waals surface area contributed by atoms with Gasteiger partial charge in [-0.2, -0.15) is 0 Å². The average Bonchev–Trinajstić information content (AvgIpc) is 3.48. The van der Waals surface area contributed by atoms with Crippen LogP contribution in [0, 0.1) is 5.82 Å². The molecule has 1 atom stereocenters. The molecule has 2 aromatic rings. The first kappa shape index (κ1) is 20.1. The van der Waals surface area contributed by atoms with Crippen LogP contribution in [-0.2, 0) is 10.2 Å². The maximum absolute atomic E-state index is 13.2. The molecule has 6 heteroatoms. The van der Waals surface area contributed by atoms with Crippen LogP contribution in [0.3, 0.4) is 0 Å². The van der Waals surface area contributed by atoms with Gasteiger partial charge in [-0.3, -0.25) is 4.79 Å². The Morgan fingerprint density at radius 1 is 1.14 bits per heavy atom. The third-order valence-corrected chi connectivity index (χ3v) is 5.27. The Bertz CT molecular complexity index is 819. The first-order chi connectivity index (χ1) is 13.5. The van der Waals surface area contributed by atoms with Crippen LogP contribution in [0.1, 0.15) is 31.7 Å². The second kappa shape index (κ2) is 8.61. The fraction of sp³-hybridized carbons (Fsp3) is 0.409. The SMILES string of the molecule is COc1ccc(NC(=O)CC(C)NCC2(c3ccc(F)cc3)CC2)c(OC)c1. The summed E-state index contributed by atoms with van der Waals surface area (Å²) in [6, 6.07) is 12.0. The molecule has 28 heavy (non-hydrogen) atoms. The van der Waals surface area contributed by atoms with Gasteiger partial charge in [0.2, 0.25) is 5.91 Å². The maximum Gasteiger partial charge on any atom is 0.226 e. The molecule has 2 N–H and O–H groups in total. The van der Waals surface area contributed by atoms with Crippen LogP contribution in [0.15, 0.2) is 42.5 Å². The van der Waals surface area contributed by atoms with Crippen molar-refractivity contribution in [3.8, 4) is 11.5 Å². The van der Waals surface area contributed by atoms with Gasteiger partial charge in [-0.15, -0.1) is 0 Å². The summed E-state index contributed by atoms with van der Waals surface area (Å²) in [4.78, 5) is 12.4. The Hall–Kier alpha value is -2.60. The number of ether oxygens (including phenoxy) is 2. The minimum atomic E-state index is -0.216. The van der Waals surface area contributed by atoms with Crippen molar-refractivity contribution in [3.05, 3.63) is 53.8 Å². The van der Waals surface area contributed by atoms with E-state index in [1.54, 1.807) is 32.4 Å². The highest BCUT2D eigenvalue weighted by molar-refractivity contribution is 5.92. The first-order valence-electron chi connectivity index (χ1n) is 9.47. The monoisotopic (exact) mass is 386 g/mol. The molecule has 0 heterocycles. The van der Waals surface area contributed by atoms with Crippen LogP contribution in [0.5, 0.6) is 11.5 Å². The summed E-state index contributed by atoms with van der Waals surface area (Å²) >= 11 is 0. The quantitative estimate of drug-likeness (QED) is 0.687. The lowest BCUT2D eigenvalue weighted by Gasteiger charge is -2.21. The Morgan fingerprint density at radius 2 is 1.86 bits per heavy atom. The third kappa shape index (κ3) is 4.81. The molecule has 1 saturated carbocycles. The van der Waals surface area contributed by atoms with Gasteiger partial charge in [-0.1, -0.05) is 12.1 Å². The molecule has 1 aliphatic rings. The predicted molar refractivity (Wildman–Crippen MR) is 108 cm³/mol. The van der Waals surface area contributed by atoms with E-state index in [2.05, 4.69) is 10.6 Å². The van der Waals surface area contributed by atoms with Gasteiger partial charge in [0.25, 0.3) is 0 Å². The zero-order chi connectivity index (χ0) is 20.1. The molecule has 0 saturated heterocycles. The summed E-state index contributed by atoms with van der Waals surface area (Å²) in [5, 5.41) is 6.35. The van der Waals surface area contributed by atoms with Crippen LogP contribution < -0.4 is 20.1 Å². The number of carbonyl (C=O) groups excluding carboxylic acids is 1. The van der Waals surface area contributed by atoms with Crippen molar-refractivity contribution in [1.29, 1.82) is 0 Å². The maximum atomic E-state index is 13.2. The molecule has 0 radical (unpaired) electrons. The van der Waals surface area contributed by atoms with Crippen molar-refractivity contribution < 1.29 is 18.7 Å². The molecule has 1 aliphatic carbocycles. The van der Waals surface area contributed by atoms with Crippen molar-refractivity contribution in [1.82, 2.24) is 5.32 Å². The van der Waals surface area contributed by atoms with E-state index in [0.717, 1.165) is 24.9 Å². The molecule has 0 spiro atoms. The van der Waals surface area contributed by atoms with Crippen LogP contribution in [0.4, 0.5) is 10.1 Å². The van der Waals surface area contributed by atoms with Gasteiger partial charge in [0.1, 0.15) is 17.3 Å². The fourth-order valence-corrected chi connectivity index (χ4v) is 3.34. The standard InChI is InChI=1S/C22H27FN2O3/c1-15(24-14-22(10-11-22)16-4-6-17(23)7-5-16)12-21(26)25-19-9-8-18(27-2)13-20(19)28-3/h4-9,13,15,24H,10-12,14H2,1-3H3,(H,25,26). The van der Waals surface area contributed by atoms with E-state index in [9.17, 15) is 9.18 Å². The molecular weight excluding hydrogens is 359 g/mol. The minimum absolute atomic E-state index is 0.0159. The third-order valence-electron chi connectivity index (χ3n) is 5.27. The Labute approximate surface area is 165 Å². The van der Waals surface area contributed by atoms with Crippen LogP contribution in [0.2, 0.25) is 0 Å². The van der Waals surface area contributed by atoms with E-state index in [1.165, 1.54) is 12.1 Å². The average molecular weight is 386 g/mol. The zero-order valence-corrected chi connectivity index (χ0v) is 16.5. The lowest BCUT2D eigenvalue weighted by atomic mass is 9.95. The van der Waals surface area contributed by atoms with Crippen LogP contribution in [0.25, 0.3) is 0 Å². The van der Waals surface area contributed by atoms with Crippen LogP contribution >= 0.6 is 0 Å². The largest absolute Gasteiger partial charge is 0.497 e. The van der Waals surface area contributed by atoms with Crippen LogP contribution in [-0.4, -0.2) is 32.7 Å². The molecule has 1 amide bonds. The Kier molecular flexibility index (Phi) is 6.19. The summed E-state index contributed by atoms with van der Waals surface area (Å²) in [6.07, 6.45) is 2.50. The second-order valence-corrected chi connectivity index (χ2v) is 7.39. The lowest BCUT2D eigenvalue weighted by Crippen LogP contribution is -2.36. The summed E-state index contributed by atoms with van der Waals surface area (Å²) in [5.41, 5.74) is 1.84. The molecule has 0 aromatic heterocycles. The molecule has 1 unspecified atom stereocenters. The number of nitrogens with one attached hydrogen (secondary N) is 2. The molecular formula is C22H27FN2O3. The molecule has 150 valence electrons. The number of benzene rings is 2. The summed E-state index contributed by atoms with van der Waals surface area (Å²) in [6.45, 7) is 2.77. The van der Waals surface area contributed by atoms with Crippen molar-refractivity contribution in [2.45, 2.75) is 37.6 Å². The number of hydrogen-bond donors (Lipinski definition) is 2. The molecule has 0 aliphatic heterocycles. The van der Waals surface area contributed by atoms with Gasteiger partial charge in [-0.25, -0.2) is 4.39 Å². The lowest BCUT2D eigenvalue weighted by molar-refractivity contribution is -0.116. The highest BCUT2D eigenvalue weighted by Crippen LogP contribution is 2.47. The van der Waals surface area contributed by atoms with E-state index in [0.29, 0.717) is 23.6 Å². The second-order valence-electron chi connectivity index (χ2n) is 7.39. The van der Waals surface area contributed by atoms with Gasteiger partial charge in [0, 0.05) is 30.5 Å². The normalized spacial score (nSPS) is 15.6. The molecule has 2 aromatic carbocycles. The number of methoxy groups -OCH3 is 2. The number of anilines is 1. The smallest absolute Gasteiger partial charge is 0.226 e. The minimum Gasteiger partial charge on any atom is -0.497 e. The Morgan fingerprint density at radius 3 is 2.46 bits per heavy atom. The number of halogens is 1. The summed E-state index contributed by atoms with van der Waals surface area (Å²) < 4.78 is 23.6. The van der Waals surface area contributed by atoms with Crippen molar-refractivity contribution >= 4 is 11.6 Å². The van der Waals surface area contributed by atoms with Crippen molar-refractivity contribution in [2.75, 3.05) is 26.1 Å². The highest BCUT2D eigenvalue weighted by atomic mass is 19.1. The number of carbonyl (C=O) groups is 1. The fourth-order valence-electron chi connectivity index (χ4n) is 3.34.